The number of nitrogens with one attached hydrogen (secondary N) is 1. The molecule has 0 aliphatic heterocycles. The van der Waals surface area contributed by atoms with Crippen molar-refractivity contribution in [1.82, 2.24) is 0 Å². The van der Waals surface area contributed by atoms with Crippen LogP contribution in [0.5, 0.6) is 0 Å². The second-order valence-corrected chi connectivity index (χ2v) is 8.11. The van der Waals surface area contributed by atoms with Gasteiger partial charge in [0.2, 0.25) is 0 Å². The smallest absolute Gasteiger partial charge is 0.306 e. The van der Waals surface area contributed by atoms with Gasteiger partial charge in [0, 0.05) is 28.0 Å². The van der Waals surface area contributed by atoms with Crippen LogP contribution in [0.25, 0.3) is 0 Å². The summed E-state index contributed by atoms with van der Waals surface area (Å²) in [7, 11) is 0. The molecular formula is C24H19NO5S. The number of aryl methyl sites for hydroxylation is 1. The molecule has 1 amide bonds. The van der Waals surface area contributed by atoms with E-state index < -0.39 is 18.5 Å². The summed E-state index contributed by atoms with van der Waals surface area (Å²) in [6.45, 7) is -0.458. The molecule has 0 fully saturated rings. The number of amides is 1. The highest BCUT2D eigenvalue weighted by molar-refractivity contribution is 7.09. The minimum atomic E-state index is -0.570. The molecule has 0 spiro atoms. The molecule has 4 rings (SSSR count). The van der Waals surface area contributed by atoms with Crippen molar-refractivity contribution < 1.29 is 23.9 Å². The standard InChI is InChI=1S/C24H19NO5S/c26-20(14-30-21(27)12-3-6-15-7-5-13-31-15)25-19-11-4-10-18-22(19)24(29)17-9-2-1-8-16(17)23(18)28/h1-2,4-5,7-11,13H,3,6,12,14H2,(H,25,26). The predicted molar refractivity (Wildman–Crippen MR) is 117 cm³/mol. The van der Waals surface area contributed by atoms with Crippen LogP contribution in [0.15, 0.2) is 60.0 Å². The minimum absolute atomic E-state index is 0.154. The number of carbonyl (C=O) groups is 4. The number of carbonyl (C=O) groups excluding carboxylic acids is 4. The Balaban J connectivity index is 1.38. The van der Waals surface area contributed by atoms with Gasteiger partial charge in [-0.1, -0.05) is 42.5 Å². The number of hydrogen-bond acceptors (Lipinski definition) is 6. The van der Waals surface area contributed by atoms with Crippen LogP contribution in [0.1, 0.15) is 49.6 Å². The normalized spacial score (nSPS) is 12.1. The molecule has 3 aromatic rings. The zero-order chi connectivity index (χ0) is 21.8. The first-order chi connectivity index (χ1) is 15.0. The summed E-state index contributed by atoms with van der Waals surface area (Å²) in [4.78, 5) is 51.1. The number of benzene rings is 2. The van der Waals surface area contributed by atoms with Crippen molar-refractivity contribution in [3.63, 3.8) is 0 Å². The van der Waals surface area contributed by atoms with Gasteiger partial charge in [-0.05, 0) is 30.4 Å². The van der Waals surface area contributed by atoms with Gasteiger partial charge in [0.15, 0.2) is 18.2 Å². The van der Waals surface area contributed by atoms with E-state index in [1.54, 1.807) is 53.8 Å². The Bertz CT molecular complexity index is 1170. The van der Waals surface area contributed by atoms with E-state index in [4.69, 9.17) is 4.74 Å². The fourth-order valence-electron chi connectivity index (χ4n) is 3.52. The van der Waals surface area contributed by atoms with Gasteiger partial charge in [-0.25, -0.2) is 0 Å². The van der Waals surface area contributed by atoms with Gasteiger partial charge in [-0.2, -0.15) is 0 Å². The first-order valence-electron chi connectivity index (χ1n) is 9.84. The molecule has 0 radical (unpaired) electrons. The third kappa shape index (κ3) is 4.46. The van der Waals surface area contributed by atoms with Crippen LogP contribution in [-0.4, -0.2) is 30.0 Å². The Morgan fingerprint density at radius 1 is 0.871 bits per heavy atom. The zero-order valence-corrected chi connectivity index (χ0v) is 17.4. The van der Waals surface area contributed by atoms with Gasteiger partial charge in [0.05, 0.1) is 11.3 Å². The molecule has 31 heavy (non-hydrogen) atoms. The van der Waals surface area contributed by atoms with Crippen LogP contribution in [0.3, 0.4) is 0 Å². The monoisotopic (exact) mass is 433 g/mol. The molecule has 7 heteroatoms. The lowest BCUT2D eigenvalue weighted by Gasteiger charge is -2.20. The van der Waals surface area contributed by atoms with Gasteiger partial charge in [0.25, 0.3) is 5.91 Å². The molecule has 1 N–H and O–H groups in total. The summed E-state index contributed by atoms with van der Waals surface area (Å²) in [5.41, 5.74) is 1.27. The van der Waals surface area contributed by atoms with Gasteiger partial charge in [0.1, 0.15) is 0 Å². The van der Waals surface area contributed by atoms with Crippen LogP contribution < -0.4 is 5.32 Å². The summed E-state index contributed by atoms with van der Waals surface area (Å²) >= 11 is 1.63. The largest absolute Gasteiger partial charge is 0.456 e. The van der Waals surface area contributed by atoms with Crippen molar-refractivity contribution >= 4 is 40.5 Å². The number of thiophene rings is 1. The van der Waals surface area contributed by atoms with Crippen LogP contribution in [0.4, 0.5) is 5.69 Å². The molecular weight excluding hydrogens is 414 g/mol. The maximum atomic E-state index is 12.9. The van der Waals surface area contributed by atoms with Crippen LogP contribution >= 0.6 is 11.3 Å². The molecule has 1 aliphatic carbocycles. The number of hydrogen-bond donors (Lipinski definition) is 1. The first-order valence-corrected chi connectivity index (χ1v) is 10.7. The van der Waals surface area contributed by atoms with E-state index in [0.29, 0.717) is 17.5 Å². The SMILES string of the molecule is O=C(COC(=O)CCCc1cccs1)Nc1cccc2c1C(=O)c1ccccc1C2=O. The predicted octanol–water partition coefficient (Wildman–Crippen LogP) is 4.03. The lowest BCUT2D eigenvalue weighted by molar-refractivity contribution is -0.147. The van der Waals surface area contributed by atoms with Gasteiger partial charge in [-0.15, -0.1) is 11.3 Å². The average Bonchev–Trinajstić information content (AvgIpc) is 3.29. The molecule has 6 nitrogen and oxygen atoms in total. The molecule has 1 aliphatic rings. The quantitative estimate of drug-likeness (QED) is 0.445. The van der Waals surface area contributed by atoms with Crippen molar-refractivity contribution in [1.29, 1.82) is 0 Å². The average molecular weight is 433 g/mol. The lowest BCUT2D eigenvalue weighted by atomic mass is 9.83. The molecule has 2 aromatic carbocycles. The third-order valence-electron chi connectivity index (χ3n) is 4.97. The number of ketones is 2. The Hall–Kier alpha value is -3.58. The lowest BCUT2D eigenvalue weighted by Crippen LogP contribution is -2.26. The van der Waals surface area contributed by atoms with Gasteiger partial charge < -0.3 is 10.1 Å². The van der Waals surface area contributed by atoms with Crippen LogP contribution in [-0.2, 0) is 20.7 Å². The van der Waals surface area contributed by atoms with Crippen molar-refractivity contribution in [3.8, 4) is 0 Å². The van der Waals surface area contributed by atoms with Crippen molar-refractivity contribution in [2.45, 2.75) is 19.3 Å². The van der Waals surface area contributed by atoms with E-state index in [9.17, 15) is 19.2 Å². The molecule has 156 valence electrons. The number of rotatable bonds is 7. The molecule has 1 aromatic heterocycles. The number of fused-ring (bicyclic) bond motifs is 2. The Kier molecular flexibility index (Phi) is 6.04. The van der Waals surface area contributed by atoms with E-state index in [-0.39, 0.29) is 34.8 Å². The Morgan fingerprint density at radius 2 is 1.61 bits per heavy atom. The molecule has 0 saturated carbocycles. The highest BCUT2D eigenvalue weighted by Gasteiger charge is 2.31. The highest BCUT2D eigenvalue weighted by atomic mass is 32.1. The third-order valence-corrected chi connectivity index (χ3v) is 5.91. The molecule has 0 unspecified atom stereocenters. The second-order valence-electron chi connectivity index (χ2n) is 7.07. The number of esters is 1. The molecule has 0 bridgehead atoms. The summed E-state index contributed by atoms with van der Waals surface area (Å²) in [5.74, 6) is -1.62. The van der Waals surface area contributed by atoms with Crippen molar-refractivity contribution in [3.05, 3.63) is 87.1 Å². The van der Waals surface area contributed by atoms with E-state index in [0.717, 1.165) is 6.42 Å². The summed E-state index contributed by atoms with van der Waals surface area (Å²) in [6.07, 6.45) is 1.64. The summed E-state index contributed by atoms with van der Waals surface area (Å²) < 4.78 is 5.04. The maximum absolute atomic E-state index is 12.9. The van der Waals surface area contributed by atoms with Gasteiger partial charge >= 0.3 is 5.97 Å². The van der Waals surface area contributed by atoms with Crippen LogP contribution in [0, 0.1) is 0 Å². The number of anilines is 1. The Morgan fingerprint density at radius 3 is 2.35 bits per heavy atom. The molecule has 0 saturated heterocycles. The van der Waals surface area contributed by atoms with E-state index in [1.165, 1.54) is 4.88 Å². The topological polar surface area (TPSA) is 89.5 Å². The van der Waals surface area contributed by atoms with Gasteiger partial charge in [-0.3, -0.25) is 19.2 Å². The highest BCUT2D eigenvalue weighted by Crippen LogP contribution is 2.31. The number of ether oxygens (including phenoxy) is 1. The summed E-state index contributed by atoms with van der Waals surface area (Å²) in [6, 6.07) is 15.3. The van der Waals surface area contributed by atoms with E-state index in [1.807, 2.05) is 17.5 Å². The van der Waals surface area contributed by atoms with Crippen molar-refractivity contribution in [2.75, 3.05) is 11.9 Å². The van der Waals surface area contributed by atoms with Crippen LogP contribution in [0.2, 0.25) is 0 Å². The first kappa shape index (κ1) is 20.7. The fourth-order valence-corrected chi connectivity index (χ4v) is 4.27. The van der Waals surface area contributed by atoms with E-state index >= 15 is 0 Å². The second kappa shape index (κ2) is 9.06. The zero-order valence-electron chi connectivity index (χ0n) is 16.6. The fraction of sp³-hybridized carbons (Fsp3) is 0.167. The molecule has 0 atom stereocenters. The maximum Gasteiger partial charge on any atom is 0.306 e. The van der Waals surface area contributed by atoms with E-state index in [2.05, 4.69) is 5.32 Å². The van der Waals surface area contributed by atoms with Crippen molar-refractivity contribution in [2.24, 2.45) is 0 Å². The Labute approximate surface area is 182 Å². The minimum Gasteiger partial charge on any atom is -0.456 e. The molecule has 1 heterocycles. The summed E-state index contributed by atoms with van der Waals surface area (Å²) in [5, 5.41) is 4.58.